The van der Waals surface area contributed by atoms with Gasteiger partial charge in [-0.2, -0.15) is 0 Å². The zero-order chi connectivity index (χ0) is 18.5. The van der Waals surface area contributed by atoms with E-state index < -0.39 is 0 Å². The molecule has 0 saturated carbocycles. The number of nitrogens with zero attached hydrogens (tertiary/aromatic N) is 3. The summed E-state index contributed by atoms with van der Waals surface area (Å²) >= 11 is 1.40. The lowest BCUT2D eigenvalue weighted by molar-refractivity contribution is -0.113. The molecule has 1 N–H and O–H groups in total. The summed E-state index contributed by atoms with van der Waals surface area (Å²) in [7, 11) is 0. The van der Waals surface area contributed by atoms with Crippen molar-refractivity contribution in [3.05, 3.63) is 59.7 Å². The lowest BCUT2D eigenvalue weighted by Crippen LogP contribution is -2.16. The predicted molar refractivity (Wildman–Crippen MR) is 106 cm³/mol. The fourth-order valence-electron chi connectivity index (χ4n) is 2.80. The van der Waals surface area contributed by atoms with Gasteiger partial charge >= 0.3 is 0 Å². The Morgan fingerprint density at radius 3 is 2.38 bits per heavy atom. The number of para-hydroxylation sites is 1. The molecule has 0 aliphatic heterocycles. The van der Waals surface area contributed by atoms with Crippen LogP contribution in [0.5, 0.6) is 0 Å². The summed E-state index contributed by atoms with van der Waals surface area (Å²) in [6, 6.07) is 15.9. The number of aromatic nitrogens is 3. The summed E-state index contributed by atoms with van der Waals surface area (Å²) in [5, 5.41) is 12.3. The fraction of sp³-hybridized carbons (Fsp3) is 0.250. The highest BCUT2D eigenvalue weighted by Gasteiger charge is 2.15. The van der Waals surface area contributed by atoms with Gasteiger partial charge in [0.1, 0.15) is 0 Å². The molecule has 0 atom stereocenters. The van der Waals surface area contributed by atoms with Crippen molar-refractivity contribution in [3.8, 4) is 11.4 Å². The van der Waals surface area contributed by atoms with Gasteiger partial charge in [0.25, 0.3) is 0 Å². The lowest BCUT2D eigenvalue weighted by Gasteiger charge is -2.11. The van der Waals surface area contributed by atoms with Crippen LogP contribution in [-0.2, 0) is 11.3 Å². The highest BCUT2D eigenvalue weighted by atomic mass is 32.2. The van der Waals surface area contributed by atoms with Crippen molar-refractivity contribution in [1.82, 2.24) is 14.8 Å². The van der Waals surface area contributed by atoms with E-state index in [1.165, 1.54) is 11.8 Å². The maximum atomic E-state index is 12.4. The summed E-state index contributed by atoms with van der Waals surface area (Å²) in [6.07, 6.45) is 0. The third-order valence-electron chi connectivity index (χ3n) is 4.14. The van der Waals surface area contributed by atoms with E-state index >= 15 is 0 Å². The average Bonchev–Trinajstić information content (AvgIpc) is 3.07. The predicted octanol–water partition coefficient (Wildman–Crippen LogP) is 4.31. The summed E-state index contributed by atoms with van der Waals surface area (Å²) in [5.74, 6) is 1.07. The fourth-order valence-corrected chi connectivity index (χ4v) is 3.60. The number of carbonyl (C=O) groups excluding carboxylic acids is 1. The van der Waals surface area contributed by atoms with E-state index in [9.17, 15) is 4.79 Å². The number of thioether (sulfide) groups is 1. The van der Waals surface area contributed by atoms with Gasteiger partial charge in [0.2, 0.25) is 5.91 Å². The third kappa shape index (κ3) is 3.96. The highest BCUT2D eigenvalue weighted by molar-refractivity contribution is 7.99. The number of amides is 1. The van der Waals surface area contributed by atoms with Crippen LogP contribution in [-0.4, -0.2) is 26.4 Å². The molecule has 0 unspecified atom stereocenters. The molecule has 134 valence electrons. The molecule has 0 aliphatic rings. The van der Waals surface area contributed by atoms with E-state index in [0.717, 1.165) is 39.9 Å². The molecule has 0 fully saturated rings. The first-order chi connectivity index (χ1) is 12.6. The van der Waals surface area contributed by atoms with Gasteiger partial charge in [-0.3, -0.25) is 4.79 Å². The average molecular weight is 366 g/mol. The van der Waals surface area contributed by atoms with Gasteiger partial charge in [0.15, 0.2) is 11.0 Å². The standard InChI is InChI=1S/C20H22N4OS/c1-4-24-19(16-11-6-5-7-12-16)22-23-20(24)26-13-17(25)21-18-14(2)9-8-10-15(18)3/h5-12H,4,13H2,1-3H3,(H,21,25). The monoisotopic (exact) mass is 366 g/mol. The Hall–Kier alpha value is -2.60. The molecule has 1 amide bonds. The second-order valence-electron chi connectivity index (χ2n) is 6.02. The molecule has 2 aromatic carbocycles. The molecule has 0 radical (unpaired) electrons. The van der Waals surface area contributed by atoms with Crippen molar-refractivity contribution in [2.45, 2.75) is 32.5 Å². The molecule has 0 spiro atoms. The molecule has 3 rings (SSSR count). The molecule has 1 aromatic heterocycles. The quantitative estimate of drug-likeness (QED) is 0.660. The van der Waals surface area contributed by atoms with Crippen LogP contribution < -0.4 is 5.32 Å². The summed E-state index contributed by atoms with van der Waals surface area (Å²) in [4.78, 5) is 12.4. The SMILES string of the molecule is CCn1c(SCC(=O)Nc2c(C)cccc2C)nnc1-c1ccccc1. The van der Waals surface area contributed by atoms with Crippen molar-refractivity contribution in [2.24, 2.45) is 0 Å². The molecular formula is C20H22N4OS. The van der Waals surface area contributed by atoms with Crippen LogP contribution in [0, 0.1) is 13.8 Å². The number of aryl methyl sites for hydroxylation is 2. The smallest absolute Gasteiger partial charge is 0.234 e. The van der Waals surface area contributed by atoms with E-state index in [2.05, 4.69) is 22.4 Å². The third-order valence-corrected chi connectivity index (χ3v) is 5.11. The second-order valence-corrected chi connectivity index (χ2v) is 6.96. The summed E-state index contributed by atoms with van der Waals surface area (Å²) in [5.41, 5.74) is 4.03. The first-order valence-electron chi connectivity index (χ1n) is 8.57. The normalized spacial score (nSPS) is 10.7. The minimum atomic E-state index is -0.0423. The zero-order valence-electron chi connectivity index (χ0n) is 15.2. The zero-order valence-corrected chi connectivity index (χ0v) is 16.0. The highest BCUT2D eigenvalue weighted by Crippen LogP contribution is 2.24. The van der Waals surface area contributed by atoms with Crippen LogP contribution in [0.25, 0.3) is 11.4 Å². The molecule has 0 saturated heterocycles. The number of benzene rings is 2. The van der Waals surface area contributed by atoms with Gasteiger partial charge in [-0.25, -0.2) is 0 Å². The molecule has 0 aliphatic carbocycles. The Bertz CT molecular complexity index is 885. The largest absolute Gasteiger partial charge is 0.325 e. The van der Waals surface area contributed by atoms with Crippen molar-refractivity contribution >= 4 is 23.4 Å². The Kier molecular flexibility index (Phi) is 5.73. The topological polar surface area (TPSA) is 59.8 Å². The minimum absolute atomic E-state index is 0.0423. The van der Waals surface area contributed by atoms with Crippen LogP contribution in [0.3, 0.4) is 0 Å². The van der Waals surface area contributed by atoms with E-state index in [0.29, 0.717) is 5.75 Å². The van der Waals surface area contributed by atoms with Crippen LogP contribution in [0.1, 0.15) is 18.1 Å². The number of hydrogen-bond donors (Lipinski definition) is 1. The van der Waals surface area contributed by atoms with Crippen LogP contribution in [0.15, 0.2) is 53.7 Å². The first-order valence-corrected chi connectivity index (χ1v) is 9.56. The molecule has 3 aromatic rings. The molecule has 5 nitrogen and oxygen atoms in total. The van der Waals surface area contributed by atoms with Crippen LogP contribution in [0.2, 0.25) is 0 Å². The van der Waals surface area contributed by atoms with Gasteiger partial charge in [-0.05, 0) is 31.9 Å². The van der Waals surface area contributed by atoms with Gasteiger partial charge in [0.05, 0.1) is 5.75 Å². The Labute approximate surface area is 157 Å². The second kappa shape index (κ2) is 8.19. The number of carbonyl (C=O) groups is 1. The van der Waals surface area contributed by atoms with Gasteiger partial charge in [-0.15, -0.1) is 10.2 Å². The van der Waals surface area contributed by atoms with Crippen LogP contribution in [0.4, 0.5) is 5.69 Å². The first kappa shape index (κ1) is 18.2. The van der Waals surface area contributed by atoms with Gasteiger partial charge in [0, 0.05) is 17.8 Å². The molecule has 1 heterocycles. The molecule has 6 heteroatoms. The van der Waals surface area contributed by atoms with Crippen molar-refractivity contribution in [2.75, 3.05) is 11.1 Å². The Balaban J connectivity index is 1.70. The van der Waals surface area contributed by atoms with Gasteiger partial charge < -0.3 is 9.88 Å². The molecule has 0 bridgehead atoms. The van der Waals surface area contributed by atoms with E-state index in [4.69, 9.17) is 0 Å². The molecular weight excluding hydrogens is 344 g/mol. The number of nitrogens with one attached hydrogen (secondary N) is 1. The van der Waals surface area contributed by atoms with E-state index in [-0.39, 0.29) is 5.91 Å². The van der Waals surface area contributed by atoms with Crippen molar-refractivity contribution in [1.29, 1.82) is 0 Å². The van der Waals surface area contributed by atoms with E-state index in [1.54, 1.807) is 0 Å². The minimum Gasteiger partial charge on any atom is -0.325 e. The van der Waals surface area contributed by atoms with Crippen LogP contribution >= 0.6 is 11.8 Å². The Morgan fingerprint density at radius 2 is 1.73 bits per heavy atom. The summed E-state index contributed by atoms with van der Waals surface area (Å²) in [6.45, 7) is 6.79. The molecule has 26 heavy (non-hydrogen) atoms. The van der Waals surface area contributed by atoms with E-state index in [1.807, 2.05) is 66.9 Å². The number of hydrogen-bond acceptors (Lipinski definition) is 4. The summed E-state index contributed by atoms with van der Waals surface area (Å²) < 4.78 is 2.03. The Morgan fingerprint density at radius 1 is 1.04 bits per heavy atom. The van der Waals surface area contributed by atoms with Crippen molar-refractivity contribution in [3.63, 3.8) is 0 Å². The van der Waals surface area contributed by atoms with Gasteiger partial charge in [-0.1, -0.05) is 60.3 Å². The van der Waals surface area contributed by atoms with Crippen molar-refractivity contribution < 1.29 is 4.79 Å². The number of anilines is 1. The lowest BCUT2D eigenvalue weighted by atomic mass is 10.1. The number of rotatable bonds is 6. The maximum absolute atomic E-state index is 12.4. The maximum Gasteiger partial charge on any atom is 0.234 e.